The van der Waals surface area contributed by atoms with Gasteiger partial charge in [0.2, 0.25) is 5.91 Å². The van der Waals surface area contributed by atoms with Crippen LogP contribution >= 0.6 is 0 Å². The lowest BCUT2D eigenvalue weighted by molar-refractivity contribution is -0.138. The van der Waals surface area contributed by atoms with Gasteiger partial charge in [-0.15, -0.1) is 0 Å². The molecule has 140 valence electrons. The summed E-state index contributed by atoms with van der Waals surface area (Å²) >= 11 is 0. The standard InChI is InChI=1S/C17H23F4NO2Si/c1-25(2,3)24-11-14-5-4-6-16(23)22(14)10-12-9-13(17(19,20)21)7-8-15(12)18/h7-9,14H,4-6,10-11H2,1-3H3/t14-/m0/s1. The zero-order chi connectivity index (χ0) is 18.8. The smallest absolute Gasteiger partial charge is 0.416 e. The SMILES string of the molecule is C[Si](C)(C)OC[C@@H]1CCCC(=O)N1Cc1cc(C(F)(F)F)ccc1F. The molecule has 0 radical (unpaired) electrons. The molecule has 25 heavy (non-hydrogen) atoms. The van der Waals surface area contributed by atoms with Crippen molar-refractivity contribution in [2.45, 2.75) is 57.7 Å². The Morgan fingerprint density at radius 1 is 1.28 bits per heavy atom. The number of likely N-dealkylation sites (tertiary alicyclic amines) is 1. The first-order chi connectivity index (χ1) is 11.5. The highest BCUT2D eigenvalue weighted by Crippen LogP contribution is 2.31. The van der Waals surface area contributed by atoms with Crippen molar-refractivity contribution in [3.05, 3.63) is 35.1 Å². The zero-order valence-corrected chi connectivity index (χ0v) is 15.6. The van der Waals surface area contributed by atoms with Crippen LogP contribution in [0.15, 0.2) is 18.2 Å². The van der Waals surface area contributed by atoms with Gasteiger partial charge in [0.05, 0.1) is 18.2 Å². The molecule has 1 aliphatic heterocycles. The second kappa shape index (κ2) is 7.45. The van der Waals surface area contributed by atoms with E-state index in [4.69, 9.17) is 4.43 Å². The van der Waals surface area contributed by atoms with Crippen molar-refractivity contribution in [2.75, 3.05) is 6.61 Å². The minimum Gasteiger partial charge on any atom is -0.416 e. The summed E-state index contributed by atoms with van der Waals surface area (Å²) in [7, 11) is -1.79. The lowest BCUT2D eigenvalue weighted by Gasteiger charge is -2.37. The van der Waals surface area contributed by atoms with E-state index in [0.717, 1.165) is 12.1 Å². The van der Waals surface area contributed by atoms with Crippen LogP contribution in [0.4, 0.5) is 17.6 Å². The molecule has 1 aromatic carbocycles. The lowest BCUT2D eigenvalue weighted by atomic mass is 10.0. The van der Waals surface area contributed by atoms with Crippen LogP contribution in [0.5, 0.6) is 0 Å². The number of rotatable bonds is 5. The number of alkyl halides is 3. The van der Waals surface area contributed by atoms with Gasteiger partial charge in [-0.1, -0.05) is 0 Å². The first-order valence-corrected chi connectivity index (χ1v) is 11.7. The van der Waals surface area contributed by atoms with Gasteiger partial charge in [-0.2, -0.15) is 13.2 Å². The molecule has 0 unspecified atom stereocenters. The van der Waals surface area contributed by atoms with Gasteiger partial charge in [-0.3, -0.25) is 4.79 Å². The van der Waals surface area contributed by atoms with E-state index in [9.17, 15) is 22.4 Å². The molecule has 1 heterocycles. The van der Waals surface area contributed by atoms with Crippen LogP contribution in [-0.4, -0.2) is 31.8 Å². The largest absolute Gasteiger partial charge is 0.416 e. The van der Waals surface area contributed by atoms with E-state index in [1.54, 1.807) is 0 Å². The summed E-state index contributed by atoms with van der Waals surface area (Å²) in [6.07, 6.45) is -2.81. The van der Waals surface area contributed by atoms with Gasteiger partial charge in [0.25, 0.3) is 0 Å². The van der Waals surface area contributed by atoms with Crippen molar-refractivity contribution in [3.8, 4) is 0 Å². The van der Waals surface area contributed by atoms with E-state index < -0.39 is 25.9 Å². The third-order valence-corrected chi connectivity index (χ3v) is 5.14. The average Bonchev–Trinajstić information content (AvgIpc) is 2.47. The average molecular weight is 377 g/mol. The van der Waals surface area contributed by atoms with Gasteiger partial charge < -0.3 is 9.33 Å². The Morgan fingerprint density at radius 3 is 2.56 bits per heavy atom. The second-order valence-electron chi connectivity index (χ2n) is 7.30. The fourth-order valence-corrected chi connectivity index (χ4v) is 3.48. The number of amides is 1. The van der Waals surface area contributed by atoms with Gasteiger partial charge in [0.1, 0.15) is 5.82 Å². The van der Waals surface area contributed by atoms with Crippen LogP contribution in [0.1, 0.15) is 30.4 Å². The first-order valence-electron chi connectivity index (χ1n) is 8.26. The Kier molecular flexibility index (Phi) is 5.93. The second-order valence-corrected chi connectivity index (χ2v) is 11.8. The Balaban J connectivity index is 2.21. The number of benzene rings is 1. The predicted molar refractivity (Wildman–Crippen MR) is 88.9 cm³/mol. The summed E-state index contributed by atoms with van der Waals surface area (Å²) in [5.74, 6) is -0.913. The molecule has 8 heteroatoms. The number of piperidine rings is 1. The van der Waals surface area contributed by atoms with Gasteiger partial charge in [-0.25, -0.2) is 4.39 Å². The van der Waals surface area contributed by atoms with Crippen LogP contribution in [-0.2, 0) is 21.9 Å². The Hall–Kier alpha value is -1.41. The van der Waals surface area contributed by atoms with Crippen molar-refractivity contribution >= 4 is 14.2 Å². The number of halogens is 4. The van der Waals surface area contributed by atoms with Crippen LogP contribution in [0.2, 0.25) is 19.6 Å². The summed E-state index contributed by atoms with van der Waals surface area (Å²) in [6, 6.07) is 2.07. The highest BCUT2D eigenvalue weighted by atomic mass is 28.4. The zero-order valence-electron chi connectivity index (χ0n) is 14.6. The van der Waals surface area contributed by atoms with E-state index in [2.05, 4.69) is 0 Å². The van der Waals surface area contributed by atoms with E-state index in [-0.39, 0.29) is 24.1 Å². The molecule has 1 fully saturated rings. The number of carbonyl (C=O) groups excluding carboxylic acids is 1. The molecule has 1 aromatic rings. The molecular weight excluding hydrogens is 354 g/mol. The van der Waals surface area contributed by atoms with Gasteiger partial charge in [0.15, 0.2) is 8.32 Å². The summed E-state index contributed by atoms with van der Waals surface area (Å²) in [5, 5.41) is 0. The quantitative estimate of drug-likeness (QED) is 0.555. The van der Waals surface area contributed by atoms with Crippen LogP contribution in [0.25, 0.3) is 0 Å². The molecule has 0 spiro atoms. The van der Waals surface area contributed by atoms with E-state index in [1.807, 2.05) is 19.6 Å². The van der Waals surface area contributed by atoms with E-state index in [1.165, 1.54) is 4.90 Å². The molecular formula is C17H23F4NO2Si. The van der Waals surface area contributed by atoms with Crippen molar-refractivity contribution in [3.63, 3.8) is 0 Å². The van der Waals surface area contributed by atoms with E-state index in [0.29, 0.717) is 31.9 Å². The maximum absolute atomic E-state index is 14.0. The highest BCUT2D eigenvalue weighted by Gasteiger charge is 2.33. The predicted octanol–water partition coefficient (Wildman–Crippen LogP) is 4.58. The molecule has 3 nitrogen and oxygen atoms in total. The van der Waals surface area contributed by atoms with Crippen LogP contribution in [0, 0.1) is 5.82 Å². The molecule has 0 N–H and O–H groups in total. The minimum atomic E-state index is -4.55. The summed E-state index contributed by atoms with van der Waals surface area (Å²) in [5.41, 5.74) is -1.04. The molecule has 1 atom stereocenters. The normalized spacial score (nSPS) is 19.4. The molecule has 0 saturated carbocycles. The summed E-state index contributed by atoms with van der Waals surface area (Å²) in [6.45, 7) is 6.23. The maximum atomic E-state index is 14.0. The molecule has 2 rings (SSSR count). The van der Waals surface area contributed by atoms with E-state index >= 15 is 0 Å². The van der Waals surface area contributed by atoms with Gasteiger partial charge in [-0.05, 0) is 50.7 Å². The number of hydrogen-bond donors (Lipinski definition) is 0. The molecule has 0 aliphatic carbocycles. The van der Waals surface area contributed by atoms with Crippen molar-refractivity contribution in [1.29, 1.82) is 0 Å². The Morgan fingerprint density at radius 2 is 1.96 bits per heavy atom. The first kappa shape index (κ1) is 19.9. The molecule has 1 saturated heterocycles. The summed E-state index contributed by atoms with van der Waals surface area (Å²) < 4.78 is 58.5. The van der Waals surface area contributed by atoms with Crippen LogP contribution < -0.4 is 0 Å². The monoisotopic (exact) mass is 377 g/mol. The minimum absolute atomic E-state index is 0.122. The third-order valence-electron chi connectivity index (χ3n) is 4.11. The number of carbonyl (C=O) groups is 1. The van der Waals surface area contributed by atoms with Gasteiger partial charge in [0, 0.05) is 18.5 Å². The molecule has 0 bridgehead atoms. The number of nitrogens with zero attached hydrogens (tertiary/aromatic N) is 1. The fourth-order valence-electron chi connectivity index (χ4n) is 2.78. The van der Waals surface area contributed by atoms with Crippen LogP contribution in [0.3, 0.4) is 0 Å². The fraction of sp³-hybridized carbons (Fsp3) is 0.588. The maximum Gasteiger partial charge on any atom is 0.416 e. The van der Waals surface area contributed by atoms with Crippen molar-refractivity contribution < 1.29 is 26.8 Å². The molecule has 1 aliphatic rings. The van der Waals surface area contributed by atoms with Gasteiger partial charge >= 0.3 is 6.18 Å². The lowest BCUT2D eigenvalue weighted by Crippen LogP contribution is -2.47. The summed E-state index contributed by atoms with van der Waals surface area (Å²) in [4.78, 5) is 13.7. The Labute approximate surface area is 146 Å². The molecule has 0 aromatic heterocycles. The van der Waals surface area contributed by atoms with Crippen molar-refractivity contribution in [1.82, 2.24) is 4.90 Å². The molecule has 1 amide bonds. The van der Waals surface area contributed by atoms with Crippen molar-refractivity contribution in [2.24, 2.45) is 0 Å². The highest BCUT2D eigenvalue weighted by molar-refractivity contribution is 6.69. The Bertz CT molecular complexity index is 628. The number of hydrogen-bond acceptors (Lipinski definition) is 2. The third kappa shape index (κ3) is 5.54. The topological polar surface area (TPSA) is 29.5 Å².